The maximum absolute atomic E-state index is 12.2. The highest BCUT2D eigenvalue weighted by molar-refractivity contribution is 9.11. The van der Waals surface area contributed by atoms with E-state index in [1.165, 1.54) is 0 Å². The van der Waals surface area contributed by atoms with Crippen LogP contribution in [0.15, 0.2) is 57.6 Å². The number of rotatable bonds is 5. The van der Waals surface area contributed by atoms with Gasteiger partial charge in [-0.1, -0.05) is 39.7 Å². The fourth-order valence-corrected chi connectivity index (χ4v) is 3.14. The highest BCUT2D eigenvalue weighted by Crippen LogP contribution is 2.27. The Labute approximate surface area is 156 Å². The van der Waals surface area contributed by atoms with E-state index in [0.717, 1.165) is 20.2 Å². The third-order valence-electron chi connectivity index (χ3n) is 2.95. The molecule has 3 nitrogen and oxygen atoms in total. The molecule has 0 aliphatic rings. The first-order valence-corrected chi connectivity index (χ1v) is 8.82. The normalized spacial score (nSPS) is 11.2. The van der Waals surface area contributed by atoms with Crippen LogP contribution in [-0.4, -0.2) is 12.6 Å². The van der Waals surface area contributed by atoms with Gasteiger partial charge >= 0.3 is 5.97 Å². The van der Waals surface area contributed by atoms with Crippen LogP contribution in [0.4, 0.5) is 5.69 Å². The van der Waals surface area contributed by atoms with Gasteiger partial charge in [0.25, 0.3) is 0 Å². The third kappa shape index (κ3) is 5.09. The molecule has 0 atom stereocenters. The van der Waals surface area contributed by atoms with Crippen molar-refractivity contribution in [3.63, 3.8) is 0 Å². The van der Waals surface area contributed by atoms with Gasteiger partial charge in [0.15, 0.2) is 0 Å². The molecule has 6 heteroatoms. The average Bonchev–Trinajstić information content (AvgIpc) is 2.51. The fraction of sp³-hybridized carbons (Fsp3) is 0.118. The molecule has 0 aliphatic heterocycles. The van der Waals surface area contributed by atoms with Gasteiger partial charge in [-0.15, -0.1) is 0 Å². The largest absolute Gasteiger partial charge is 0.462 e. The van der Waals surface area contributed by atoms with Crippen LogP contribution in [0, 0.1) is 0 Å². The first kappa shape index (κ1) is 18.0. The van der Waals surface area contributed by atoms with Crippen LogP contribution < -0.4 is 5.32 Å². The molecule has 2 aromatic rings. The van der Waals surface area contributed by atoms with E-state index < -0.39 is 5.97 Å². The zero-order chi connectivity index (χ0) is 16.8. The van der Waals surface area contributed by atoms with Crippen molar-refractivity contribution in [2.75, 3.05) is 11.9 Å². The number of carbonyl (C=O) groups excluding carboxylic acids is 1. The Morgan fingerprint density at radius 3 is 2.52 bits per heavy atom. The van der Waals surface area contributed by atoms with Crippen LogP contribution in [-0.2, 0) is 9.53 Å². The maximum atomic E-state index is 12.2. The first-order valence-electron chi connectivity index (χ1n) is 6.86. The minimum absolute atomic E-state index is 0.311. The summed E-state index contributed by atoms with van der Waals surface area (Å²) in [6.07, 6.45) is 1.63. The molecule has 0 radical (unpaired) electrons. The van der Waals surface area contributed by atoms with Crippen LogP contribution in [0.1, 0.15) is 12.5 Å². The van der Waals surface area contributed by atoms with E-state index in [2.05, 4.69) is 37.2 Å². The second kappa shape index (κ2) is 8.52. The Kier molecular flexibility index (Phi) is 6.69. The minimum Gasteiger partial charge on any atom is -0.462 e. The van der Waals surface area contributed by atoms with E-state index in [-0.39, 0.29) is 0 Å². The molecule has 1 N–H and O–H groups in total. The van der Waals surface area contributed by atoms with E-state index in [1.54, 1.807) is 37.4 Å². The summed E-state index contributed by atoms with van der Waals surface area (Å²) >= 11 is 12.8. The van der Waals surface area contributed by atoms with Crippen LogP contribution >= 0.6 is 43.5 Å². The zero-order valence-corrected chi connectivity index (χ0v) is 16.2. The molecule has 0 aliphatic carbocycles. The maximum Gasteiger partial charge on any atom is 0.340 e. The predicted molar refractivity (Wildman–Crippen MR) is 102 cm³/mol. The van der Waals surface area contributed by atoms with Gasteiger partial charge in [-0.2, -0.15) is 0 Å². The number of carbonyl (C=O) groups is 1. The fourth-order valence-electron chi connectivity index (χ4n) is 1.85. The first-order chi connectivity index (χ1) is 11.0. The molecule has 0 aromatic heterocycles. The SMILES string of the molecule is CCOC(=O)/C(=C\Nc1ccc(Br)cc1Br)c1ccc(Cl)cc1. The van der Waals surface area contributed by atoms with Gasteiger partial charge in [-0.3, -0.25) is 0 Å². The lowest BCUT2D eigenvalue weighted by Gasteiger charge is -2.10. The minimum atomic E-state index is -0.393. The van der Waals surface area contributed by atoms with Gasteiger partial charge in [0.2, 0.25) is 0 Å². The number of nitrogens with one attached hydrogen (secondary N) is 1. The van der Waals surface area contributed by atoms with Gasteiger partial charge in [-0.25, -0.2) is 4.79 Å². The summed E-state index contributed by atoms with van der Waals surface area (Å²) in [5.41, 5.74) is 2.00. The summed E-state index contributed by atoms with van der Waals surface area (Å²) in [6, 6.07) is 12.8. The molecule has 2 aromatic carbocycles. The monoisotopic (exact) mass is 457 g/mol. The topological polar surface area (TPSA) is 38.3 Å². The van der Waals surface area contributed by atoms with Gasteiger partial charge in [0, 0.05) is 20.2 Å². The summed E-state index contributed by atoms with van der Waals surface area (Å²) in [5, 5.41) is 3.74. The Hall–Kier alpha value is -1.30. The molecular formula is C17H14Br2ClNO2. The molecule has 0 amide bonds. The summed E-state index contributed by atoms with van der Waals surface area (Å²) in [4.78, 5) is 12.2. The van der Waals surface area contributed by atoms with Crippen LogP contribution in [0.25, 0.3) is 5.57 Å². The molecule has 0 fully saturated rings. The quantitative estimate of drug-likeness (QED) is 0.448. The Bertz CT molecular complexity index is 730. The lowest BCUT2D eigenvalue weighted by molar-refractivity contribution is -0.136. The van der Waals surface area contributed by atoms with Crippen molar-refractivity contribution in [3.8, 4) is 0 Å². The lowest BCUT2D eigenvalue weighted by Crippen LogP contribution is -2.08. The van der Waals surface area contributed by atoms with Crippen molar-refractivity contribution >= 4 is 60.7 Å². The van der Waals surface area contributed by atoms with Crippen molar-refractivity contribution in [1.82, 2.24) is 0 Å². The molecule has 0 bridgehead atoms. The smallest absolute Gasteiger partial charge is 0.340 e. The van der Waals surface area contributed by atoms with Gasteiger partial charge in [0.05, 0.1) is 17.9 Å². The molecule has 2 rings (SSSR count). The molecule has 120 valence electrons. The number of benzene rings is 2. The third-order valence-corrected chi connectivity index (χ3v) is 4.36. The van der Waals surface area contributed by atoms with Crippen molar-refractivity contribution in [3.05, 3.63) is 68.2 Å². The Balaban J connectivity index is 2.32. The summed E-state index contributed by atoms with van der Waals surface area (Å²) in [6.45, 7) is 2.09. The number of esters is 1. The number of ether oxygens (including phenoxy) is 1. The van der Waals surface area contributed by atoms with E-state index in [0.29, 0.717) is 17.2 Å². The van der Waals surface area contributed by atoms with Crippen LogP contribution in [0.5, 0.6) is 0 Å². The number of anilines is 1. The molecular weight excluding hydrogens is 445 g/mol. The standard InChI is InChI=1S/C17H14Br2ClNO2/c1-2-23-17(22)14(11-3-6-13(20)7-4-11)10-21-16-8-5-12(18)9-15(16)19/h3-10,21H,2H2,1H3/b14-10-. The lowest BCUT2D eigenvalue weighted by atomic mass is 10.1. The van der Waals surface area contributed by atoms with Crippen molar-refractivity contribution in [2.24, 2.45) is 0 Å². The van der Waals surface area contributed by atoms with Gasteiger partial charge in [-0.05, 0) is 58.7 Å². The predicted octanol–water partition coefficient (Wildman–Crippen LogP) is 5.88. The molecule has 0 spiro atoms. The average molecular weight is 460 g/mol. The van der Waals surface area contributed by atoms with Gasteiger partial charge < -0.3 is 10.1 Å². The number of hydrogen-bond acceptors (Lipinski definition) is 3. The Morgan fingerprint density at radius 2 is 1.91 bits per heavy atom. The molecule has 0 unspecified atom stereocenters. The molecule has 23 heavy (non-hydrogen) atoms. The highest BCUT2D eigenvalue weighted by Gasteiger charge is 2.13. The second-order valence-electron chi connectivity index (χ2n) is 4.55. The van der Waals surface area contributed by atoms with Crippen molar-refractivity contribution < 1.29 is 9.53 Å². The molecule has 0 saturated carbocycles. The highest BCUT2D eigenvalue weighted by atomic mass is 79.9. The van der Waals surface area contributed by atoms with Crippen LogP contribution in [0.3, 0.4) is 0 Å². The summed E-state index contributed by atoms with van der Waals surface area (Å²) in [5.74, 6) is -0.393. The molecule has 0 heterocycles. The van der Waals surface area contributed by atoms with Crippen LogP contribution in [0.2, 0.25) is 5.02 Å². The summed E-state index contributed by atoms with van der Waals surface area (Å²) in [7, 11) is 0. The van der Waals surface area contributed by atoms with E-state index in [4.69, 9.17) is 16.3 Å². The second-order valence-corrected chi connectivity index (χ2v) is 6.76. The van der Waals surface area contributed by atoms with E-state index in [1.807, 2.05) is 18.2 Å². The van der Waals surface area contributed by atoms with Crippen molar-refractivity contribution in [2.45, 2.75) is 6.92 Å². The van der Waals surface area contributed by atoms with E-state index >= 15 is 0 Å². The zero-order valence-electron chi connectivity index (χ0n) is 12.3. The summed E-state index contributed by atoms with van der Waals surface area (Å²) < 4.78 is 6.96. The Morgan fingerprint density at radius 1 is 1.22 bits per heavy atom. The molecule has 0 saturated heterocycles. The van der Waals surface area contributed by atoms with Crippen molar-refractivity contribution in [1.29, 1.82) is 0 Å². The number of hydrogen-bond donors (Lipinski definition) is 1. The number of halogens is 3. The van der Waals surface area contributed by atoms with Gasteiger partial charge in [0.1, 0.15) is 0 Å². The van der Waals surface area contributed by atoms with E-state index in [9.17, 15) is 4.79 Å².